The van der Waals surface area contributed by atoms with Crippen LogP contribution in [0.25, 0.3) is 11.4 Å². The largest absolute Gasteiger partial charge is 0.309 e. The van der Waals surface area contributed by atoms with Gasteiger partial charge in [-0.2, -0.15) is 0 Å². The summed E-state index contributed by atoms with van der Waals surface area (Å²) < 4.78 is 2.06. The number of nitrogens with one attached hydrogen (secondary N) is 1. The molecule has 0 fully saturated rings. The van der Waals surface area contributed by atoms with Crippen LogP contribution < -0.4 is 5.32 Å². The summed E-state index contributed by atoms with van der Waals surface area (Å²) in [5, 5.41) is 13.4. The van der Waals surface area contributed by atoms with E-state index in [1.165, 1.54) is 30.4 Å². The third kappa shape index (κ3) is 6.84. The van der Waals surface area contributed by atoms with E-state index in [4.69, 9.17) is 34.8 Å². The van der Waals surface area contributed by atoms with Crippen molar-refractivity contribution in [1.82, 2.24) is 19.7 Å². The molecule has 1 N–H and O–H groups in total. The molecule has 2 heterocycles. The average Bonchev–Trinajstić information content (AvgIpc) is 3.15. The van der Waals surface area contributed by atoms with Crippen molar-refractivity contribution in [2.45, 2.75) is 44.3 Å². The number of pyridine rings is 1. The van der Waals surface area contributed by atoms with Crippen molar-refractivity contribution in [3.05, 3.63) is 51.6 Å². The Balaban J connectivity index is 1.71. The van der Waals surface area contributed by atoms with E-state index >= 15 is 0 Å². The number of anilines is 1. The van der Waals surface area contributed by atoms with E-state index in [2.05, 4.69) is 32.0 Å². The molecule has 0 unspecified atom stereocenters. The maximum absolute atomic E-state index is 12.4. The molecular formula is C21H22Cl3N5OS. The Kier molecular flexibility index (Phi) is 9.02. The van der Waals surface area contributed by atoms with Crippen LogP contribution in [0, 0.1) is 0 Å². The summed E-state index contributed by atoms with van der Waals surface area (Å²) in [6.07, 6.45) is 5.91. The van der Waals surface area contributed by atoms with Crippen LogP contribution in [0.15, 0.2) is 41.7 Å². The number of halogens is 3. The van der Waals surface area contributed by atoms with Crippen LogP contribution in [0.1, 0.15) is 32.6 Å². The van der Waals surface area contributed by atoms with Crippen LogP contribution >= 0.6 is 46.6 Å². The van der Waals surface area contributed by atoms with Crippen molar-refractivity contribution in [2.75, 3.05) is 11.1 Å². The van der Waals surface area contributed by atoms with Gasteiger partial charge in [-0.05, 0) is 36.8 Å². The number of aromatic nitrogens is 4. The smallest absolute Gasteiger partial charge is 0.236 e. The van der Waals surface area contributed by atoms with E-state index in [1.807, 2.05) is 24.3 Å². The maximum atomic E-state index is 12.4. The van der Waals surface area contributed by atoms with Gasteiger partial charge in [-0.3, -0.25) is 4.79 Å². The number of hydrogen-bond donors (Lipinski definition) is 1. The molecule has 0 aliphatic carbocycles. The first kappa shape index (κ1) is 23.9. The summed E-state index contributed by atoms with van der Waals surface area (Å²) in [5.74, 6) is 0.947. The van der Waals surface area contributed by atoms with Crippen LogP contribution in [0.3, 0.4) is 0 Å². The van der Waals surface area contributed by atoms with Crippen molar-refractivity contribution in [1.29, 1.82) is 0 Å². The highest BCUT2D eigenvalue weighted by atomic mass is 35.5. The van der Waals surface area contributed by atoms with E-state index in [9.17, 15) is 4.79 Å². The summed E-state index contributed by atoms with van der Waals surface area (Å²) in [6, 6.07) is 9.03. The second-order valence-electron chi connectivity index (χ2n) is 6.85. The number of unbranched alkanes of at least 4 members (excludes halogenated alkanes) is 3. The Bertz CT molecular complexity index is 1030. The number of carbonyl (C=O) groups excluding carboxylic acids is 1. The van der Waals surface area contributed by atoms with Crippen LogP contribution in [0.2, 0.25) is 15.1 Å². The molecule has 0 spiro atoms. The van der Waals surface area contributed by atoms with E-state index in [0.29, 0.717) is 15.2 Å². The Morgan fingerprint density at radius 3 is 2.55 bits per heavy atom. The van der Waals surface area contributed by atoms with Crippen molar-refractivity contribution in [3.8, 4) is 11.4 Å². The minimum absolute atomic E-state index is 0.147. The van der Waals surface area contributed by atoms with Crippen LogP contribution in [0.4, 0.5) is 5.82 Å². The molecule has 0 aliphatic heterocycles. The molecule has 0 aliphatic rings. The second-order valence-corrected chi connectivity index (χ2v) is 9.07. The molecule has 0 saturated heterocycles. The van der Waals surface area contributed by atoms with E-state index < -0.39 is 0 Å². The predicted octanol–water partition coefficient (Wildman–Crippen LogP) is 6.61. The molecular weight excluding hydrogens is 477 g/mol. The lowest BCUT2D eigenvalue weighted by Gasteiger charge is -2.11. The lowest BCUT2D eigenvalue weighted by Crippen LogP contribution is -2.16. The van der Waals surface area contributed by atoms with E-state index in [1.54, 1.807) is 0 Å². The van der Waals surface area contributed by atoms with Crippen LogP contribution in [-0.2, 0) is 11.3 Å². The van der Waals surface area contributed by atoms with Gasteiger partial charge in [0.05, 0.1) is 15.8 Å². The van der Waals surface area contributed by atoms with Crippen molar-refractivity contribution in [3.63, 3.8) is 0 Å². The van der Waals surface area contributed by atoms with Crippen LogP contribution in [-0.4, -0.2) is 31.4 Å². The fourth-order valence-corrected chi connectivity index (χ4v) is 4.23. The topological polar surface area (TPSA) is 72.7 Å². The highest BCUT2D eigenvalue weighted by Crippen LogP contribution is 2.27. The van der Waals surface area contributed by atoms with Gasteiger partial charge in [0.1, 0.15) is 0 Å². The highest BCUT2D eigenvalue weighted by Gasteiger charge is 2.16. The SMILES string of the molecule is CCCCCCn1c(SCC(=O)Nc2ncc(Cl)cc2Cl)nnc1-c1ccc(Cl)cc1. The highest BCUT2D eigenvalue weighted by molar-refractivity contribution is 7.99. The Labute approximate surface area is 200 Å². The Morgan fingerprint density at radius 2 is 1.84 bits per heavy atom. The molecule has 0 radical (unpaired) electrons. The molecule has 0 bridgehead atoms. The molecule has 6 nitrogen and oxygen atoms in total. The quantitative estimate of drug-likeness (QED) is 0.251. The van der Waals surface area contributed by atoms with E-state index in [-0.39, 0.29) is 22.5 Å². The van der Waals surface area contributed by atoms with Gasteiger partial charge in [-0.25, -0.2) is 4.98 Å². The van der Waals surface area contributed by atoms with E-state index in [0.717, 1.165) is 37.2 Å². The predicted molar refractivity (Wildman–Crippen MR) is 128 cm³/mol. The summed E-state index contributed by atoms with van der Waals surface area (Å²) in [7, 11) is 0. The zero-order chi connectivity index (χ0) is 22.2. The lowest BCUT2D eigenvalue weighted by atomic mass is 10.2. The summed E-state index contributed by atoms with van der Waals surface area (Å²) >= 11 is 19.3. The minimum Gasteiger partial charge on any atom is -0.309 e. The zero-order valence-corrected chi connectivity index (χ0v) is 20.0. The molecule has 3 aromatic rings. The first-order valence-corrected chi connectivity index (χ1v) is 12.0. The monoisotopic (exact) mass is 497 g/mol. The van der Waals surface area contributed by atoms with Crippen LogP contribution in [0.5, 0.6) is 0 Å². The average molecular weight is 499 g/mol. The Hall–Kier alpha value is -1.80. The van der Waals surface area contributed by atoms with Gasteiger partial charge < -0.3 is 9.88 Å². The van der Waals surface area contributed by atoms with Gasteiger partial charge in [-0.1, -0.05) is 72.8 Å². The fourth-order valence-electron chi connectivity index (χ4n) is 2.91. The second kappa shape index (κ2) is 11.7. The number of nitrogens with zero attached hydrogens (tertiary/aromatic N) is 4. The molecule has 1 aromatic carbocycles. The summed E-state index contributed by atoms with van der Waals surface area (Å²) in [5.41, 5.74) is 0.931. The maximum Gasteiger partial charge on any atom is 0.236 e. The zero-order valence-electron chi connectivity index (χ0n) is 16.9. The summed E-state index contributed by atoms with van der Waals surface area (Å²) in [4.78, 5) is 16.5. The molecule has 10 heteroatoms. The third-order valence-corrected chi connectivity index (χ3v) is 6.17. The number of benzene rings is 1. The standard InChI is InChI=1S/C21H22Cl3N5OS/c1-2-3-4-5-10-29-20(14-6-8-15(22)9-7-14)27-28-21(29)31-13-18(30)26-19-17(24)11-16(23)12-25-19/h6-9,11-12H,2-5,10,13H2,1H3,(H,25,26,30). The van der Waals surface area contributed by atoms with Gasteiger partial charge in [0.2, 0.25) is 5.91 Å². The molecule has 1 amide bonds. The normalized spacial score (nSPS) is 11.0. The Morgan fingerprint density at radius 1 is 1.06 bits per heavy atom. The van der Waals surface area contributed by atoms with Gasteiger partial charge in [0, 0.05) is 23.3 Å². The van der Waals surface area contributed by atoms with Crippen molar-refractivity contribution in [2.24, 2.45) is 0 Å². The molecule has 0 atom stereocenters. The fraction of sp³-hybridized carbons (Fsp3) is 0.333. The van der Waals surface area contributed by atoms with Crippen molar-refractivity contribution >= 4 is 58.3 Å². The van der Waals surface area contributed by atoms with Crippen molar-refractivity contribution < 1.29 is 4.79 Å². The number of carbonyl (C=O) groups is 1. The van der Waals surface area contributed by atoms with Gasteiger partial charge in [0.15, 0.2) is 16.8 Å². The number of amides is 1. The number of rotatable bonds is 10. The molecule has 2 aromatic heterocycles. The molecule has 3 rings (SSSR count). The number of thioether (sulfide) groups is 1. The minimum atomic E-state index is -0.240. The first-order chi connectivity index (χ1) is 15.0. The van der Waals surface area contributed by atoms with Gasteiger partial charge in [-0.15, -0.1) is 10.2 Å². The lowest BCUT2D eigenvalue weighted by molar-refractivity contribution is -0.113. The molecule has 164 valence electrons. The molecule has 0 saturated carbocycles. The number of hydrogen-bond acceptors (Lipinski definition) is 5. The van der Waals surface area contributed by atoms with Gasteiger partial charge >= 0.3 is 0 Å². The first-order valence-electron chi connectivity index (χ1n) is 9.90. The van der Waals surface area contributed by atoms with Gasteiger partial charge in [0.25, 0.3) is 0 Å². The summed E-state index contributed by atoms with van der Waals surface area (Å²) in [6.45, 7) is 2.96. The molecule has 31 heavy (non-hydrogen) atoms. The third-order valence-electron chi connectivity index (χ3n) is 4.45.